The van der Waals surface area contributed by atoms with E-state index in [0.717, 1.165) is 38.4 Å². The first kappa shape index (κ1) is 21.5. The zero-order valence-corrected chi connectivity index (χ0v) is 17.6. The fourth-order valence-corrected chi connectivity index (χ4v) is 4.31. The normalized spacial score (nSPS) is 17.0. The molecular weight excluding hydrogens is 362 g/mol. The van der Waals surface area contributed by atoms with Crippen molar-refractivity contribution in [3.05, 3.63) is 30.3 Å². The van der Waals surface area contributed by atoms with E-state index in [-0.39, 0.29) is 0 Å². The van der Waals surface area contributed by atoms with Gasteiger partial charge in [0, 0.05) is 36.9 Å². The number of para-hydroxylation sites is 1. The van der Waals surface area contributed by atoms with Crippen LogP contribution in [0.1, 0.15) is 33.6 Å². The Labute approximate surface area is 163 Å². The van der Waals surface area contributed by atoms with Gasteiger partial charge in [0.25, 0.3) is 0 Å². The van der Waals surface area contributed by atoms with Crippen LogP contribution < -0.4 is 20.3 Å². The van der Waals surface area contributed by atoms with E-state index in [1.807, 2.05) is 26.8 Å². The lowest BCUT2D eigenvalue weighted by molar-refractivity contribution is 0.451. The van der Waals surface area contributed by atoms with Crippen LogP contribution in [0.3, 0.4) is 0 Å². The number of rotatable bonds is 7. The summed E-state index contributed by atoms with van der Waals surface area (Å²) in [6, 6.07) is 10.8. The van der Waals surface area contributed by atoms with E-state index >= 15 is 0 Å². The first-order valence-electron chi connectivity index (χ1n) is 9.52. The Balaban J connectivity index is 1.90. The van der Waals surface area contributed by atoms with Crippen LogP contribution in [0.25, 0.3) is 0 Å². The quantitative estimate of drug-likeness (QED) is 0.482. The van der Waals surface area contributed by atoms with E-state index in [4.69, 9.17) is 0 Å². The molecule has 0 aromatic heterocycles. The van der Waals surface area contributed by atoms with Gasteiger partial charge >= 0.3 is 0 Å². The van der Waals surface area contributed by atoms with Gasteiger partial charge in [0.1, 0.15) is 0 Å². The van der Waals surface area contributed by atoms with Crippen molar-refractivity contribution in [2.45, 2.75) is 45.2 Å². The topological polar surface area (TPSA) is 85.8 Å². The molecule has 0 saturated carbocycles. The fourth-order valence-electron chi connectivity index (χ4n) is 3.25. The van der Waals surface area contributed by atoms with Crippen LogP contribution in [-0.2, 0) is 10.0 Å². The van der Waals surface area contributed by atoms with Gasteiger partial charge in [0.15, 0.2) is 5.96 Å². The highest BCUT2D eigenvalue weighted by molar-refractivity contribution is 7.88. The molecule has 27 heavy (non-hydrogen) atoms. The monoisotopic (exact) mass is 395 g/mol. The molecule has 0 radical (unpaired) electrons. The minimum absolute atomic E-state index is 0.355. The molecule has 1 aliphatic heterocycles. The van der Waals surface area contributed by atoms with Crippen LogP contribution in [0.4, 0.5) is 5.69 Å². The van der Waals surface area contributed by atoms with Gasteiger partial charge in [-0.25, -0.2) is 13.1 Å². The standard InChI is InChI=1S/C19H33N5O2S/c1-5-20-18(21-15-19(2,3)23-27(4,25)26)22-16-11-13-24(14-12-16)17-9-7-6-8-10-17/h6-10,16,23H,5,11-15H2,1-4H3,(H2,20,21,22). The Kier molecular flexibility index (Phi) is 7.49. The molecule has 0 amide bonds. The van der Waals surface area contributed by atoms with Crippen molar-refractivity contribution in [1.29, 1.82) is 0 Å². The third-order valence-corrected chi connectivity index (χ3v) is 5.32. The van der Waals surface area contributed by atoms with Gasteiger partial charge in [-0.05, 0) is 45.7 Å². The van der Waals surface area contributed by atoms with Gasteiger partial charge in [-0.15, -0.1) is 0 Å². The molecular formula is C19H33N5O2S. The van der Waals surface area contributed by atoms with Crippen molar-refractivity contribution < 1.29 is 8.42 Å². The number of nitrogens with zero attached hydrogens (tertiary/aromatic N) is 2. The number of anilines is 1. The molecule has 152 valence electrons. The average Bonchev–Trinajstić information content (AvgIpc) is 2.59. The molecule has 0 atom stereocenters. The molecule has 1 fully saturated rings. The predicted octanol–water partition coefficient (Wildman–Crippen LogP) is 1.54. The number of sulfonamides is 1. The van der Waals surface area contributed by atoms with E-state index in [0.29, 0.717) is 12.6 Å². The maximum atomic E-state index is 11.5. The number of guanidine groups is 1. The minimum Gasteiger partial charge on any atom is -0.371 e. The van der Waals surface area contributed by atoms with E-state index in [9.17, 15) is 8.42 Å². The molecule has 0 unspecified atom stereocenters. The summed E-state index contributed by atoms with van der Waals surface area (Å²) in [4.78, 5) is 7.00. The molecule has 0 aliphatic carbocycles. The smallest absolute Gasteiger partial charge is 0.209 e. The number of benzene rings is 1. The minimum atomic E-state index is -3.27. The number of hydrogen-bond donors (Lipinski definition) is 3. The molecule has 1 aromatic carbocycles. The number of piperidine rings is 1. The Morgan fingerprint density at radius 1 is 1.22 bits per heavy atom. The molecule has 1 aromatic rings. The van der Waals surface area contributed by atoms with Gasteiger partial charge in [0.2, 0.25) is 10.0 Å². The first-order valence-corrected chi connectivity index (χ1v) is 11.4. The molecule has 7 nitrogen and oxygen atoms in total. The molecule has 1 saturated heterocycles. The van der Waals surface area contributed by atoms with Crippen molar-refractivity contribution in [3.8, 4) is 0 Å². The SMILES string of the molecule is CCNC(=NCC(C)(C)NS(C)(=O)=O)NC1CCN(c2ccccc2)CC1. The summed E-state index contributed by atoms with van der Waals surface area (Å²) in [6.45, 7) is 8.81. The average molecular weight is 396 g/mol. The number of hydrogen-bond acceptors (Lipinski definition) is 4. The van der Waals surface area contributed by atoms with Crippen LogP contribution in [0, 0.1) is 0 Å². The Morgan fingerprint density at radius 3 is 2.41 bits per heavy atom. The lowest BCUT2D eigenvalue weighted by Crippen LogP contribution is -2.50. The van der Waals surface area contributed by atoms with E-state index in [2.05, 4.69) is 49.5 Å². The second kappa shape index (κ2) is 9.41. The van der Waals surface area contributed by atoms with Gasteiger partial charge in [-0.1, -0.05) is 18.2 Å². The van der Waals surface area contributed by atoms with Gasteiger partial charge in [-0.2, -0.15) is 0 Å². The molecule has 2 rings (SSSR count). The zero-order valence-electron chi connectivity index (χ0n) is 16.8. The Morgan fingerprint density at radius 2 is 1.85 bits per heavy atom. The second-order valence-electron chi connectivity index (χ2n) is 7.69. The van der Waals surface area contributed by atoms with Crippen LogP contribution in [0.15, 0.2) is 35.3 Å². The highest BCUT2D eigenvalue weighted by atomic mass is 32.2. The highest BCUT2D eigenvalue weighted by Gasteiger charge is 2.23. The van der Waals surface area contributed by atoms with Crippen LogP contribution in [-0.4, -0.2) is 58.4 Å². The van der Waals surface area contributed by atoms with Crippen LogP contribution in [0.5, 0.6) is 0 Å². The molecule has 3 N–H and O–H groups in total. The van der Waals surface area contributed by atoms with Crippen molar-refractivity contribution in [2.75, 3.05) is 37.3 Å². The zero-order chi connectivity index (χ0) is 19.9. The van der Waals surface area contributed by atoms with Crippen molar-refractivity contribution >= 4 is 21.7 Å². The van der Waals surface area contributed by atoms with E-state index < -0.39 is 15.6 Å². The molecule has 0 spiro atoms. The molecule has 1 aliphatic rings. The van der Waals surface area contributed by atoms with Crippen molar-refractivity contribution in [2.24, 2.45) is 4.99 Å². The summed E-state index contributed by atoms with van der Waals surface area (Å²) < 4.78 is 25.6. The van der Waals surface area contributed by atoms with Crippen LogP contribution in [0.2, 0.25) is 0 Å². The Bertz CT molecular complexity index is 711. The fraction of sp³-hybridized carbons (Fsp3) is 0.632. The van der Waals surface area contributed by atoms with E-state index in [1.165, 1.54) is 11.9 Å². The summed E-state index contributed by atoms with van der Waals surface area (Å²) in [7, 11) is -3.27. The molecule has 1 heterocycles. The summed E-state index contributed by atoms with van der Waals surface area (Å²) in [5.74, 6) is 0.735. The summed E-state index contributed by atoms with van der Waals surface area (Å²) in [5, 5.41) is 6.76. The first-order chi connectivity index (χ1) is 12.7. The van der Waals surface area contributed by atoms with Gasteiger partial charge in [-0.3, -0.25) is 4.99 Å². The third-order valence-electron chi connectivity index (χ3n) is 4.40. The van der Waals surface area contributed by atoms with Crippen molar-refractivity contribution in [3.63, 3.8) is 0 Å². The summed E-state index contributed by atoms with van der Waals surface area (Å²) in [5.41, 5.74) is 0.636. The Hall–Kier alpha value is -1.80. The maximum absolute atomic E-state index is 11.5. The highest BCUT2D eigenvalue weighted by Crippen LogP contribution is 2.19. The predicted molar refractivity (Wildman–Crippen MR) is 113 cm³/mol. The second-order valence-corrected chi connectivity index (χ2v) is 9.44. The maximum Gasteiger partial charge on any atom is 0.209 e. The van der Waals surface area contributed by atoms with Gasteiger partial charge < -0.3 is 15.5 Å². The van der Waals surface area contributed by atoms with E-state index in [1.54, 1.807) is 0 Å². The van der Waals surface area contributed by atoms with Crippen molar-refractivity contribution in [1.82, 2.24) is 15.4 Å². The lowest BCUT2D eigenvalue weighted by atomic mass is 10.0. The largest absolute Gasteiger partial charge is 0.371 e. The third kappa shape index (κ3) is 7.76. The number of nitrogens with one attached hydrogen (secondary N) is 3. The number of aliphatic imine (C=N–C) groups is 1. The van der Waals surface area contributed by atoms with Gasteiger partial charge in [0.05, 0.1) is 12.8 Å². The summed E-state index contributed by atoms with van der Waals surface area (Å²) in [6.07, 6.45) is 3.23. The summed E-state index contributed by atoms with van der Waals surface area (Å²) >= 11 is 0. The van der Waals surface area contributed by atoms with Crippen LogP contribution >= 0.6 is 0 Å². The molecule has 0 bridgehead atoms. The molecule has 8 heteroatoms. The lowest BCUT2D eigenvalue weighted by Gasteiger charge is -2.34.